The first-order valence-electron chi connectivity index (χ1n) is 10.9. The maximum absolute atomic E-state index is 13.0. The lowest BCUT2D eigenvalue weighted by atomic mass is 10.1. The molecule has 0 radical (unpaired) electrons. The number of aromatic amines is 1. The molecule has 1 amide bonds. The zero-order valence-corrected chi connectivity index (χ0v) is 19.2. The van der Waals surface area contributed by atoms with E-state index < -0.39 is 12.0 Å². The summed E-state index contributed by atoms with van der Waals surface area (Å²) in [7, 11) is 0. The average molecular weight is 485 g/mol. The minimum Gasteiger partial charge on any atom is -0.326 e. The molecule has 0 aliphatic carbocycles. The van der Waals surface area contributed by atoms with Crippen molar-refractivity contribution in [2.75, 3.05) is 5.32 Å². The molecule has 1 aromatic carbocycles. The first-order valence-corrected chi connectivity index (χ1v) is 10.9. The van der Waals surface area contributed by atoms with Gasteiger partial charge in [0.2, 0.25) is 5.91 Å². The van der Waals surface area contributed by atoms with Crippen molar-refractivity contribution in [1.82, 2.24) is 29.5 Å². The Morgan fingerprint density at radius 2 is 1.91 bits per heavy atom. The number of carbonyl (C=O) groups excluding carboxylic acids is 1. The van der Waals surface area contributed by atoms with E-state index in [1.54, 1.807) is 38.1 Å². The van der Waals surface area contributed by atoms with Gasteiger partial charge >= 0.3 is 6.18 Å². The number of nitrogens with one attached hydrogen (secondary N) is 2. The van der Waals surface area contributed by atoms with Gasteiger partial charge in [-0.15, -0.1) is 5.10 Å². The third kappa shape index (κ3) is 5.20. The van der Waals surface area contributed by atoms with Crippen LogP contribution in [0.15, 0.2) is 35.1 Å². The van der Waals surface area contributed by atoms with Gasteiger partial charge in [0, 0.05) is 40.8 Å². The molecular formula is C23H22F3N7O2. The number of aromatic nitrogens is 6. The highest BCUT2D eigenvalue weighted by atomic mass is 19.4. The third-order valence-electron chi connectivity index (χ3n) is 5.48. The Balaban J connectivity index is 1.50. The number of rotatable bonds is 6. The molecule has 4 aromatic rings. The van der Waals surface area contributed by atoms with Crippen LogP contribution < -0.4 is 10.9 Å². The van der Waals surface area contributed by atoms with E-state index in [0.29, 0.717) is 46.1 Å². The third-order valence-corrected chi connectivity index (χ3v) is 5.48. The SMILES string of the molecule is CCc1cc(=O)[nH]c(-c2cccc(NC(=O)CCc3c(C)nc4nc(C(F)(F)F)nn4c3C)c2)n1. The number of carbonyl (C=O) groups is 1. The highest BCUT2D eigenvalue weighted by Crippen LogP contribution is 2.27. The number of hydrogen-bond acceptors (Lipinski definition) is 6. The summed E-state index contributed by atoms with van der Waals surface area (Å²) in [5.74, 6) is -1.29. The molecule has 0 aliphatic heterocycles. The van der Waals surface area contributed by atoms with Gasteiger partial charge in [0.15, 0.2) is 0 Å². The van der Waals surface area contributed by atoms with E-state index >= 15 is 0 Å². The molecule has 0 spiro atoms. The standard InChI is InChI=1S/C23H22F3N7O2/c1-4-15-11-19(35)30-20(29-15)14-6-5-7-16(10-14)28-18(34)9-8-17-12(2)27-22-31-21(23(24,25)26)32-33(22)13(17)3/h5-7,10-11H,4,8-9H2,1-3H3,(H,28,34)(H,29,30,35). The van der Waals surface area contributed by atoms with Crippen LogP contribution in [-0.4, -0.2) is 35.5 Å². The Morgan fingerprint density at radius 1 is 1.14 bits per heavy atom. The van der Waals surface area contributed by atoms with Gasteiger partial charge in [-0.1, -0.05) is 19.1 Å². The predicted molar refractivity (Wildman–Crippen MR) is 122 cm³/mol. The summed E-state index contributed by atoms with van der Waals surface area (Å²) in [4.78, 5) is 39.2. The molecular weight excluding hydrogens is 463 g/mol. The van der Waals surface area contributed by atoms with Crippen molar-refractivity contribution in [2.45, 2.75) is 46.2 Å². The number of aryl methyl sites for hydroxylation is 3. The quantitative estimate of drug-likeness (QED) is 0.431. The number of nitrogens with zero attached hydrogens (tertiary/aromatic N) is 5. The second-order valence-electron chi connectivity index (χ2n) is 7.97. The van der Waals surface area contributed by atoms with Gasteiger partial charge < -0.3 is 10.3 Å². The van der Waals surface area contributed by atoms with Crippen LogP contribution in [-0.2, 0) is 23.8 Å². The van der Waals surface area contributed by atoms with E-state index in [9.17, 15) is 22.8 Å². The van der Waals surface area contributed by atoms with Gasteiger partial charge in [-0.2, -0.15) is 18.2 Å². The molecule has 0 aliphatic rings. The number of amides is 1. The zero-order chi connectivity index (χ0) is 25.3. The number of halogens is 3. The van der Waals surface area contributed by atoms with Crippen LogP contribution in [0.1, 0.15) is 41.8 Å². The molecule has 35 heavy (non-hydrogen) atoms. The van der Waals surface area contributed by atoms with Gasteiger partial charge in [-0.05, 0) is 44.4 Å². The predicted octanol–water partition coefficient (Wildman–Crippen LogP) is 3.64. The number of fused-ring (bicyclic) bond motifs is 1. The molecule has 0 saturated heterocycles. The minimum absolute atomic E-state index is 0.0698. The number of hydrogen-bond donors (Lipinski definition) is 2. The summed E-state index contributed by atoms with van der Waals surface area (Å²) in [6.45, 7) is 5.17. The largest absolute Gasteiger partial charge is 0.453 e. The molecule has 3 aromatic heterocycles. The van der Waals surface area contributed by atoms with Crippen LogP contribution in [0.3, 0.4) is 0 Å². The van der Waals surface area contributed by atoms with E-state index in [4.69, 9.17) is 0 Å². The van der Waals surface area contributed by atoms with Crippen molar-refractivity contribution < 1.29 is 18.0 Å². The number of anilines is 1. The number of H-pyrrole nitrogens is 1. The molecule has 0 fully saturated rings. The van der Waals surface area contributed by atoms with Gasteiger partial charge in [0.1, 0.15) is 5.82 Å². The average Bonchev–Trinajstić information content (AvgIpc) is 3.23. The minimum atomic E-state index is -4.68. The fourth-order valence-corrected chi connectivity index (χ4v) is 3.72. The lowest BCUT2D eigenvalue weighted by Crippen LogP contribution is -2.14. The normalized spacial score (nSPS) is 11.7. The van der Waals surface area contributed by atoms with Crippen LogP contribution in [0.5, 0.6) is 0 Å². The molecule has 9 nitrogen and oxygen atoms in total. The Labute approximate surface area is 197 Å². The lowest BCUT2D eigenvalue weighted by molar-refractivity contribution is -0.144. The summed E-state index contributed by atoms with van der Waals surface area (Å²) < 4.78 is 40.0. The van der Waals surface area contributed by atoms with E-state index in [1.165, 1.54) is 6.07 Å². The summed E-state index contributed by atoms with van der Waals surface area (Å²) in [5.41, 5.74) is 3.11. The number of alkyl halides is 3. The summed E-state index contributed by atoms with van der Waals surface area (Å²) in [5, 5.41) is 6.33. The topological polar surface area (TPSA) is 118 Å². The van der Waals surface area contributed by atoms with Crippen molar-refractivity contribution in [2.24, 2.45) is 0 Å². The Bertz CT molecular complexity index is 1470. The first kappa shape index (κ1) is 24.0. The second kappa shape index (κ2) is 9.28. The summed E-state index contributed by atoms with van der Waals surface area (Å²) >= 11 is 0. The lowest BCUT2D eigenvalue weighted by Gasteiger charge is -2.11. The maximum Gasteiger partial charge on any atom is 0.453 e. The molecule has 0 atom stereocenters. The molecule has 0 unspecified atom stereocenters. The van der Waals surface area contributed by atoms with Crippen molar-refractivity contribution in [1.29, 1.82) is 0 Å². The highest BCUT2D eigenvalue weighted by Gasteiger charge is 2.37. The number of benzene rings is 1. The second-order valence-corrected chi connectivity index (χ2v) is 7.97. The monoisotopic (exact) mass is 485 g/mol. The zero-order valence-electron chi connectivity index (χ0n) is 19.2. The molecule has 12 heteroatoms. The Morgan fingerprint density at radius 3 is 2.63 bits per heavy atom. The molecule has 2 N–H and O–H groups in total. The van der Waals surface area contributed by atoms with E-state index in [1.807, 2.05) is 6.92 Å². The van der Waals surface area contributed by atoms with Gasteiger partial charge in [0.25, 0.3) is 17.2 Å². The summed E-state index contributed by atoms with van der Waals surface area (Å²) in [6, 6.07) is 8.36. The Kier molecular flexibility index (Phi) is 6.37. The summed E-state index contributed by atoms with van der Waals surface area (Å²) in [6.07, 6.45) is -3.75. The van der Waals surface area contributed by atoms with E-state index in [-0.39, 0.29) is 30.1 Å². The fourth-order valence-electron chi connectivity index (χ4n) is 3.72. The van der Waals surface area contributed by atoms with E-state index in [0.717, 1.165) is 4.52 Å². The van der Waals surface area contributed by atoms with Crippen LogP contribution >= 0.6 is 0 Å². The van der Waals surface area contributed by atoms with Gasteiger partial charge in [-0.3, -0.25) is 9.59 Å². The van der Waals surface area contributed by atoms with Crippen LogP contribution in [0.25, 0.3) is 17.2 Å². The Hall–Kier alpha value is -4.09. The van der Waals surface area contributed by atoms with E-state index in [2.05, 4.69) is 30.4 Å². The van der Waals surface area contributed by atoms with Crippen molar-refractivity contribution >= 4 is 17.4 Å². The van der Waals surface area contributed by atoms with Gasteiger partial charge in [-0.25, -0.2) is 14.5 Å². The molecule has 3 heterocycles. The molecule has 182 valence electrons. The van der Waals surface area contributed by atoms with Crippen molar-refractivity contribution in [3.05, 3.63) is 69.2 Å². The molecule has 0 saturated carbocycles. The smallest absolute Gasteiger partial charge is 0.326 e. The fraction of sp³-hybridized carbons (Fsp3) is 0.304. The van der Waals surface area contributed by atoms with Crippen LogP contribution in [0.2, 0.25) is 0 Å². The van der Waals surface area contributed by atoms with Crippen LogP contribution in [0.4, 0.5) is 18.9 Å². The van der Waals surface area contributed by atoms with Gasteiger partial charge in [0.05, 0.1) is 0 Å². The highest BCUT2D eigenvalue weighted by molar-refractivity contribution is 5.91. The van der Waals surface area contributed by atoms with Crippen LogP contribution in [0, 0.1) is 13.8 Å². The van der Waals surface area contributed by atoms with Crippen molar-refractivity contribution in [3.63, 3.8) is 0 Å². The first-order chi connectivity index (χ1) is 16.5. The maximum atomic E-state index is 13.0. The molecule has 0 bridgehead atoms. The molecule has 4 rings (SSSR count). The van der Waals surface area contributed by atoms with Crippen molar-refractivity contribution in [3.8, 4) is 11.4 Å².